The Morgan fingerprint density at radius 1 is 0.833 bits per heavy atom. The molecular weight excluding hydrogens is 288 g/mol. The van der Waals surface area contributed by atoms with E-state index in [1.54, 1.807) is 0 Å². The van der Waals surface area contributed by atoms with Crippen LogP contribution >= 0.6 is 15.9 Å². The predicted molar refractivity (Wildman–Crippen MR) is 80.4 cm³/mol. The van der Waals surface area contributed by atoms with Gasteiger partial charge in [0.05, 0.1) is 0 Å². The van der Waals surface area contributed by atoms with E-state index in [0.29, 0.717) is 0 Å². The van der Waals surface area contributed by atoms with Gasteiger partial charge in [0.15, 0.2) is 5.43 Å². The van der Waals surface area contributed by atoms with Crippen LogP contribution < -0.4 is 5.43 Å². The van der Waals surface area contributed by atoms with Crippen molar-refractivity contribution in [1.29, 1.82) is 0 Å². The largest absolute Gasteiger partial charge is 0.289 e. The molecule has 0 aromatic heterocycles. The van der Waals surface area contributed by atoms with Gasteiger partial charge in [0, 0.05) is 16.1 Å². The topological polar surface area (TPSA) is 17.1 Å². The Morgan fingerprint density at radius 3 is 2.39 bits per heavy atom. The highest BCUT2D eigenvalue weighted by molar-refractivity contribution is 9.08. The lowest BCUT2D eigenvalue weighted by molar-refractivity contribution is 1.47. The lowest BCUT2D eigenvalue weighted by atomic mass is 10.1. The molecule has 0 N–H and O–H groups in total. The molecule has 0 saturated heterocycles. The zero-order valence-corrected chi connectivity index (χ0v) is 11.3. The summed E-state index contributed by atoms with van der Waals surface area (Å²) in [6.45, 7) is 0. The van der Waals surface area contributed by atoms with E-state index in [-0.39, 0.29) is 5.43 Å². The summed E-state index contributed by atoms with van der Waals surface area (Å²) in [4.78, 5) is 12.5. The quantitative estimate of drug-likeness (QED) is 0.614. The van der Waals surface area contributed by atoms with Crippen LogP contribution in [0.5, 0.6) is 0 Å². The Bertz CT molecular complexity index is 793. The lowest BCUT2D eigenvalue weighted by Crippen LogP contribution is -1.98. The fourth-order valence-electron chi connectivity index (χ4n) is 2.21. The minimum absolute atomic E-state index is 0.103. The van der Waals surface area contributed by atoms with Crippen LogP contribution in [-0.4, -0.2) is 0 Å². The third kappa shape index (κ3) is 1.83. The Morgan fingerprint density at radius 2 is 1.56 bits per heavy atom. The van der Waals surface area contributed by atoms with Crippen molar-refractivity contribution in [2.24, 2.45) is 0 Å². The zero-order valence-electron chi connectivity index (χ0n) is 9.69. The van der Waals surface area contributed by atoms with Gasteiger partial charge in [-0.25, -0.2) is 0 Å². The first-order valence-corrected chi connectivity index (χ1v) is 6.92. The van der Waals surface area contributed by atoms with Gasteiger partial charge in [0.2, 0.25) is 0 Å². The van der Waals surface area contributed by atoms with Gasteiger partial charge in [-0.3, -0.25) is 4.79 Å². The molecule has 1 nitrogen and oxygen atoms in total. The van der Waals surface area contributed by atoms with Crippen molar-refractivity contribution in [3.05, 3.63) is 70.4 Å². The minimum atomic E-state index is 0.103. The molecule has 0 aliphatic carbocycles. The van der Waals surface area contributed by atoms with Crippen LogP contribution in [0.15, 0.2) is 59.4 Å². The number of rotatable bonds is 1. The molecule has 3 aromatic rings. The van der Waals surface area contributed by atoms with Crippen molar-refractivity contribution in [2.45, 2.75) is 5.33 Å². The average molecular weight is 299 g/mol. The minimum Gasteiger partial charge on any atom is -0.289 e. The number of alkyl halides is 1. The number of halogens is 1. The van der Waals surface area contributed by atoms with E-state index in [2.05, 4.69) is 22.0 Å². The first-order valence-electron chi connectivity index (χ1n) is 5.80. The van der Waals surface area contributed by atoms with Crippen LogP contribution in [0.25, 0.3) is 21.5 Å². The van der Waals surface area contributed by atoms with Crippen molar-refractivity contribution >= 4 is 37.5 Å². The molecule has 0 aliphatic heterocycles. The lowest BCUT2D eigenvalue weighted by Gasteiger charge is -1.96. The van der Waals surface area contributed by atoms with E-state index < -0.39 is 0 Å². The van der Waals surface area contributed by atoms with Gasteiger partial charge in [-0.05, 0) is 16.3 Å². The van der Waals surface area contributed by atoms with Crippen molar-refractivity contribution in [3.63, 3.8) is 0 Å². The standard InChI is InChI=1S/C16H11BrO/c17-10-11-5-8-15-13(9-11)7-6-12-3-1-2-4-14(12)16(15)18/h1-9H,10H2. The molecule has 0 aliphatic rings. The van der Waals surface area contributed by atoms with E-state index in [1.807, 2.05) is 48.5 Å². The van der Waals surface area contributed by atoms with Crippen molar-refractivity contribution in [2.75, 3.05) is 0 Å². The van der Waals surface area contributed by atoms with E-state index in [0.717, 1.165) is 26.9 Å². The molecule has 0 amide bonds. The fourth-order valence-corrected chi connectivity index (χ4v) is 2.56. The monoisotopic (exact) mass is 298 g/mol. The molecule has 0 spiro atoms. The Hall–Kier alpha value is -1.67. The highest BCUT2D eigenvalue weighted by Crippen LogP contribution is 2.17. The third-order valence-electron chi connectivity index (χ3n) is 3.16. The van der Waals surface area contributed by atoms with Crippen LogP contribution in [0.4, 0.5) is 0 Å². The molecule has 0 bridgehead atoms. The van der Waals surface area contributed by atoms with E-state index in [9.17, 15) is 4.79 Å². The first-order chi connectivity index (χ1) is 8.79. The van der Waals surface area contributed by atoms with Crippen molar-refractivity contribution in [1.82, 2.24) is 0 Å². The van der Waals surface area contributed by atoms with Gasteiger partial charge in [0.1, 0.15) is 0 Å². The maximum atomic E-state index is 12.5. The Balaban J connectivity index is 2.53. The van der Waals surface area contributed by atoms with Crippen molar-refractivity contribution in [3.8, 4) is 0 Å². The summed E-state index contributed by atoms with van der Waals surface area (Å²) in [6.07, 6.45) is 0. The highest BCUT2D eigenvalue weighted by atomic mass is 79.9. The van der Waals surface area contributed by atoms with Crippen LogP contribution in [0.2, 0.25) is 0 Å². The summed E-state index contributed by atoms with van der Waals surface area (Å²) in [7, 11) is 0. The molecule has 0 unspecified atom stereocenters. The van der Waals surface area contributed by atoms with E-state index >= 15 is 0 Å². The van der Waals surface area contributed by atoms with Crippen LogP contribution in [0.3, 0.4) is 0 Å². The van der Waals surface area contributed by atoms with Gasteiger partial charge in [-0.1, -0.05) is 70.5 Å². The molecule has 0 atom stereocenters. The highest BCUT2D eigenvalue weighted by Gasteiger charge is 2.02. The Kier molecular flexibility index (Phi) is 2.88. The summed E-state index contributed by atoms with van der Waals surface area (Å²) >= 11 is 3.44. The number of hydrogen-bond donors (Lipinski definition) is 0. The van der Waals surface area contributed by atoms with E-state index in [1.165, 1.54) is 5.56 Å². The van der Waals surface area contributed by atoms with E-state index in [4.69, 9.17) is 0 Å². The van der Waals surface area contributed by atoms with Gasteiger partial charge in [-0.15, -0.1) is 0 Å². The van der Waals surface area contributed by atoms with Crippen LogP contribution in [0.1, 0.15) is 5.56 Å². The molecule has 0 saturated carbocycles. The maximum Gasteiger partial charge on any atom is 0.194 e. The van der Waals surface area contributed by atoms with Gasteiger partial charge < -0.3 is 0 Å². The second-order valence-electron chi connectivity index (χ2n) is 4.30. The number of fused-ring (bicyclic) bond motifs is 2. The summed E-state index contributed by atoms with van der Waals surface area (Å²) in [5, 5.41) is 4.34. The summed E-state index contributed by atoms with van der Waals surface area (Å²) in [5.74, 6) is 0. The second-order valence-corrected chi connectivity index (χ2v) is 4.87. The van der Waals surface area contributed by atoms with Gasteiger partial charge in [-0.2, -0.15) is 0 Å². The number of benzene rings is 2. The number of hydrogen-bond acceptors (Lipinski definition) is 1. The molecular formula is C16H11BrO. The first kappa shape index (κ1) is 11.4. The molecule has 88 valence electrons. The molecule has 3 aromatic carbocycles. The van der Waals surface area contributed by atoms with Crippen LogP contribution in [0, 0.1) is 0 Å². The summed E-state index contributed by atoms with van der Waals surface area (Å²) in [6, 6.07) is 17.7. The zero-order chi connectivity index (χ0) is 12.5. The maximum absolute atomic E-state index is 12.5. The van der Waals surface area contributed by atoms with Gasteiger partial charge >= 0.3 is 0 Å². The van der Waals surface area contributed by atoms with Crippen LogP contribution in [-0.2, 0) is 5.33 Å². The smallest absolute Gasteiger partial charge is 0.194 e. The summed E-state index contributed by atoms with van der Waals surface area (Å²) in [5.41, 5.74) is 1.28. The SMILES string of the molecule is O=c1c2ccccc2ccc2cc(CBr)ccc12. The summed E-state index contributed by atoms with van der Waals surface area (Å²) < 4.78 is 0. The molecule has 0 fully saturated rings. The molecule has 0 heterocycles. The normalized spacial score (nSPS) is 10.9. The molecule has 0 radical (unpaired) electrons. The average Bonchev–Trinajstić information content (AvgIpc) is 2.57. The van der Waals surface area contributed by atoms with Gasteiger partial charge in [0.25, 0.3) is 0 Å². The predicted octanol–water partition coefficient (Wildman–Crippen LogP) is 4.25. The molecule has 18 heavy (non-hydrogen) atoms. The fraction of sp³-hybridized carbons (Fsp3) is 0.0625. The second kappa shape index (κ2) is 4.54. The Labute approximate surface area is 113 Å². The molecule has 3 rings (SSSR count). The third-order valence-corrected chi connectivity index (χ3v) is 3.81. The van der Waals surface area contributed by atoms with Crippen molar-refractivity contribution < 1.29 is 0 Å². The molecule has 2 heteroatoms.